The van der Waals surface area contributed by atoms with Crippen LogP contribution in [0.25, 0.3) is 21.9 Å². The summed E-state index contributed by atoms with van der Waals surface area (Å²) in [5.41, 5.74) is 0.0472. The minimum Gasteiger partial charge on any atom is -0.490 e. The summed E-state index contributed by atoms with van der Waals surface area (Å²) >= 11 is 0. The zero-order chi connectivity index (χ0) is 18.1. The lowest BCUT2D eigenvalue weighted by Gasteiger charge is -2.13. The molecule has 1 aliphatic carbocycles. The second kappa shape index (κ2) is 7.14. The van der Waals surface area contributed by atoms with Gasteiger partial charge >= 0.3 is 0 Å². The highest BCUT2D eigenvalue weighted by molar-refractivity contribution is 6.06. The van der Waals surface area contributed by atoms with E-state index in [2.05, 4.69) is 0 Å². The summed E-state index contributed by atoms with van der Waals surface area (Å²) in [5, 5.41) is 1.07. The van der Waals surface area contributed by atoms with Crippen molar-refractivity contribution >= 4 is 21.9 Å². The van der Waals surface area contributed by atoms with Crippen molar-refractivity contribution in [2.75, 3.05) is 6.61 Å². The van der Waals surface area contributed by atoms with Crippen LogP contribution < -0.4 is 9.47 Å². The second-order valence-corrected chi connectivity index (χ2v) is 6.84. The van der Waals surface area contributed by atoms with Gasteiger partial charge in [0.25, 0.3) is 0 Å². The molecule has 2 aromatic carbocycles. The first kappa shape index (κ1) is 17.1. The van der Waals surface area contributed by atoms with Crippen LogP contribution in [0.1, 0.15) is 45.4 Å². The summed E-state index contributed by atoms with van der Waals surface area (Å²) in [6, 6.07) is 6.62. The fraction of sp³-hybridized carbons (Fsp3) is 0.429. The summed E-state index contributed by atoms with van der Waals surface area (Å²) in [6.45, 7) is 2.48. The van der Waals surface area contributed by atoms with Crippen LogP contribution in [0.2, 0.25) is 0 Å². The lowest BCUT2D eigenvalue weighted by molar-refractivity contribution is 0.201. The standard InChI is InChI=1S/C21H22F2O3/c1-2-3-12-24-16-10-8-14-15-9-11-17(25-13-6-4-5-7-13)19(23)21(15)26-20(14)18(16)22/h8-11,13H,2-7,12H2,1H3. The van der Waals surface area contributed by atoms with Crippen molar-refractivity contribution in [2.24, 2.45) is 0 Å². The molecule has 1 aromatic heterocycles. The zero-order valence-electron chi connectivity index (χ0n) is 14.8. The normalized spacial score (nSPS) is 15.2. The third-order valence-corrected chi connectivity index (χ3v) is 4.97. The van der Waals surface area contributed by atoms with E-state index in [9.17, 15) is 8.78 Å². The van der Waals surface area contributed by atoms with Crippen LogP contribution in [0.4, 0.5) is 8.78 Å². The minimum absolute atomic E-state index is 0.0194. The van der Waals surface area contributed by atoms with Gasteiger partial charge in [-0.15, -0.1) is 0 Å². The van der Waals surface area contributed by atoms with Crippen LogP contribution in [0.3, 0.4) is 0 Å². The molecule has 0 N–H and O–H groups in total. The molecule has 0 saturated heterocycles. The van der Waals surface area contributed by atoms with Gasteiger partial charge in [0.1, 0.15) is 0 Å². The van der Waals surface area contributed by atoms with Crippen molar-refractivity contribution < 1.29 is 22.7 Å². The van der Waals surface area contributed by atoms with E-state index in [0.717, 1.165) is 38.5 Å². The fourth-order valence-corrected chi connectivity index (χ4v) is 3.52. The van der Waals surface area contributed by atoms with E-state index in [1.54, 1.807) is 24.3 Å². The summed E-state index contributed by atoms with van der Waals surface area (Å²) in [5.74, 6) is -0.859. The number of halogens is 2. The molecule has 4 rings (SSSR count). The first-order chi connectivity index (χ1) is 12.7. The van der Waals surface area contributed by atoms with Crippen molar-refractivity contribution in [3.8, 4) is 11.5 Å². The number of ether oxygens (including phenoxy) is 2. The van der Waals surface area contributed by atoms with Gasteiger partial charge in [0.2, 0.25) is 11.6 Å². The molecule has 1 aliphatic rings. The number of benzene rings is 2. The molecule has 138 valence electrons. The smallest absolute Gasteiger partial charge is 0.208 e. The highest BCUT2D eigenvalue weighted by Gasteiger charge is 2.23. The number of hydrogen-bond acceptors (Lipinski definition) is 3. The molecule has 1 heterocycles. The first-order valence-electron chi connectivity index (χ1n) is 9.31. The molecule has 3 nitrogen and oxygen atoms in total. The number of fused-ring (bicyclic) bond motifs is 3. The maximum Gasteiger partial charge on any atom is 0.208 e. The van der Waals surface area contributed by atoms with Crippen LogP contribution in [0, 0.1) is 11.6 Å². The maximum absolute atomic E-state index is 14.9. The molecule has 26 heavy (non-hydrogen) atoms. The highest BCUT2D eigenvalue weighted by Crippen LogP contribution is 2.38. The van der Waals surface area contributed by atoms with Gasteiger partial charge in [-0.25, -0.2) is 0 Å². The molecule has 5 heteroatoms. The largest absolute Gasteiger partial charge is 0.490 e. The summed E-state index contributed by atoms with van der Waals surface area (Å²) < 4.78 is 46.4. The lowest BCUT2D eigenvalue weighted by Crippen LogP contribution is -2.11. The van der Waals surface area contributed by atoms with Crippen molar-refractivity contribution in [1.29, 1.82) is 0 Å². The van der Waals surface area contributed by atoms with Gasteiger partial charge in [-0.3, -0.25) is 0 Å². The fourth-order valence-electron chi connectivity index (χ4n) is 3.52. The molecule has 3 aromatic rings. The van der Waals surface area contributed by atoms with E-state index in [1.807, 2.05) is 6.92 Å². The average Bonchev–Trinajstić information content (AvgIpc) is 3.28. The molecule has 0 bridgehead atoms. The maximum atomic E-state index is 14.9. The van der Waals surface area contributed by atoms with E-state index in [0.29, 0.717) is 17.4 Å². The predicted molar refractivity (Wildman–Crippen MR) is 96.9 cm³/mol. The molecule has 0 radical (unpaired) electrons. The van der Waals surface area contributed by atoms with Gasteiger partial charge in [-0.05, 0) is 56.4 Å². The summed E-state index contributed by atoms with van der Waals surface area (Å²) in [7, 11) is 0. The molecular weight excluding hydrogens is 338 g/mol. The van der Waals surface area contributed by atoms with E-state index in [4.69, 9.17) is 13.9 Å². The Labute approximate surface area is 150 Å². The Hall–Kier alpha value is -2.30. The van der Waals surface area contributed by atoms with Crippen LogP contribution >= 0.6 is 0 Å². The lowest BCUT2D eigenvalue weighted by atomic mass is 10.1. The molecule has 0 spiro atoms. The Morgan fingerprint density at radius 2 is 1.58 bits per heavy atom. The molecule has 0 unspecified atom stereocenters. The first-order valence-corrected chi connectivity index (χ1v) is 9.31. The molecule has 0 atom stereocenters. The predicted octanol–water partition coefficient (Wildman–Crippen LogP) is 6.36. The van der Waals surface area contributed by atoms with Gasteiger partial charge in [-0.1, -0.05) is 13.3 Å². The molecule has 1 saturated carbocycles. The zero-order valence-corrected chi connectivity index (χ0v) is 14.8. The van der Waals surface area contributed by atoms with E-state index >= 15 is 0 Å². The van der Waals surface area contributed by atoms with Gasteiger partial charge in [0, 0.05) is 10.8 Å². The molecule has 0 aliphatic heterocycles. The SMILES string of the molecule is CCCCOc1ccc2c(oc3c(F)c(OC4CCCC4)ccc32)c1F. The minimum atomic E-state index is -0.590. The van der Waals surface area contributed by atoms with Crippen molar-refractivity contribution in [3.63, 3.8) is 0 Å². The number of hydrogen-bond donors (Lipinski definition) is 0. The third-order valence-electron chi connectivity index (χ3n) is 4.97. The molecular formula is C21H22F2O3. The van der Waals surface area contributed by atoms with Crippen LogP contribution in [0.15, 0.2) is 28.7 Å². The average molecular weight is 360 g/mol. The summed E-state index contributed by atoms with van der Waals surface area (Å²) in [6.07, 6.45) is 5.92. The Balaban J connectivity index is 1.72. The third kappa shape index (κ3) is 3.00. The van der Waals surface area contributed by atoms with E-state index < -0.39 is 11.6 Å². The molecule has 1 fully saturated rings. The Morgan fingerprint density at radius 3 is 2.23 bits per heavy atom. The quantitative estimate of drug-likeness (QED) is 0.479. The Bertz CT molecular complexity index is 926. The molecule has 0 amide bonds. The highest BCUT2D eigenvalue weighted by atomic mass is 19.1. The van der Waals surface area contributed by atoms with E-state index in [1.165, 1.54) is 0 Å². The summed E-state index contributed by atoms with van der Waals surface area (Å²) in [4.78, 5) is 0. The van der Waals surface area contributed by atoms with Crippen molar-refractivity contribution in [1.82, 2.24) is 0 Å². The topological polar surface area (TPSA) is 31.6 Å². The van der Waals surface area contributed by atoms with Gasteiger partial charge < -0.3 is 13.9 Å². The van der Waals surface area contributed by atoms with Gasteiger partial charge in [0.05, 0.1) is 12.7 Å². The Morgan fingerprint density at radius 1 is 0.962 bits per heavy atom. The van der Waals surface area contributed by atoms with Crippen LogP contribution in [-0.4, -0.2) is 12.7 Å². The van der Waals surface area contributed by atoms with E-state index in [-0.39, 0.29) is 28.8 Å². The van der Waals surface area contributed by atoms with Gasteiger partial charge in [-0.2, -0.15) is 8.78 Å². The number of furan rings is 1. The van der Waals surface area contributed by atoms with Gasteiger partial charge in [0.15, 0.2) is 22.7 Å². The van der Waals surface area contributed by atoms with Crippen molar-refractivity contribution in [3.05, 3.63) is 35.9 Å². The Kier molecular flexibility index (Phi) is 4.70. The number of rotatable bonds is 6. The number of unbranched alkanes of at least 4 members (excludes halogenated alkanes) is 1. The van der Waals surface area contributed by atoms with Crippen molar-refractivity contribution in [2.45, 2.75) is 51.6 Å². The van der Waals surface area contributed by atoms with Crippen LogP contribution in [-0.2, 0) is 0 Å². The monoisotopic (exact) mass is 360 g/mol. The second-order valence-electron chi connectivity index (χ2n) is 6.84. The van der Waals surface area contributed by atoms with Crippen LogP contribution in [0.5, 0.6) is 11.5 Å².